The first-order valence-electron chi connectivity index (χ1n) is 5.90. The lowest BCUT2D eigenvalue weighted by atomic mass is 10.2. The number of aliphatic hydroxyl groups is 1. The van der Waals surface area contributed by atoms with Crippen molar-refractivity contribution >= 4 is 12.0 Å². The van der Waals surface area contributed by atoms with E-state index in [9.17, 15) is 4.79 Å². The number of hydrogen-bond acceptors (Lipinski definition) is 3. The van der Waals surface area contributed by atoms with Crippen molar-refractivity contribution in [2.45, 2.75) is 19.4 Å². The van der Waals surface area contributed by atoms with Gasteiger partial charge in [0, 0.05) is 18.2 Å². The van der Waals surface area contributed by atoms with Gasteiger partial charge in [-0.05, 0) is 25.5 Å². The topological polar surface area (TPSA) is 58.6 Å². The molecule has 98 valence electrons. The Labute approximate surface area is 107 Å². The van der Waals surface area contributed by atoms with Gasteiger partial charge in [-0.2, -0.15) is 0 Å². The summed E-state index contributed by atoms with van der Waals surface area (Å²) in [6, 6.07) is 7.47. The van der Waals surface area contributed by atoms with E-state index in [1.807, 2.05) is 24.3 Å². The summed E-state index contributed by atoms with van der Waals surface area (Å²) in [7, 11) is 1.59. The fourth-order valence-electron chi connectivity index (χ4n) is 1.43. The molecule has 2 N–H and O–H groups in total. The lowest BCUT2D eigenvalue weighted by molar-refractivity contribution is -0.116. The third-order valence-electron chi connectivity index (χ3n) is 2.41. The first-order valence-corrected chi connectivity index (χ1v) is 5.90. The summed E-state index contributed by atoms with van der Waals surface area (Å²) in [5, 5.41) is 11.8. The summed E-state index contributed by atoms with van der Waals surface area (Å²) >= 11 is 0. The number of para-hydroxylation sites is 1. The molecule has 0 aliphatic carbocycles. The standard InChI is InChI=1S/C14H19NO3/c1-11(16)9-10-15-14(17)8-7-12-5-3-4-6-13(12)18-2/h3-8,11,16H,9-10H2,1-2H3,(H,15,17). The largest absolute Gasteiger partial charge is 0.496 e. The monoisotopic (exact) mass is 249 g/mol. The van der Waals surface area contributed by atoms with E-state index >= 15 is 0 Å². The Hall–Kier alpha value is -1.81. The molecule has 1 amide bonds. The number of carbonyl (C=O) groups excluding carboxylic acids is 1. The van der Waals surface area contributed by atoms with Gasteiger partial charge in [-0.1, -0.05) is 18.2 Å². The molecule has 4 heteroatoms. The smallest absolute Gasteiger partial charge is 0.244 e. The maximum Gasteiger partial charge on any atom is 0.244 e. The van der Waals surface area contributed by atoms with Crippen LogP contribution in [-0.2, 0) is 4.79 Å². The maximum atomic E-state index is 11.5. The molecular weight excluding hydrogens is 230 g/mol. The molecule has 0 aromatic heterocycles. The summed E-state index contributed by atoms with van der Waals surface area (Å²) < 4.78 is 5.17. The molecule has 1 aromatic rings. The second-order valence-electron chi connectivity index (χ2n) is 4.00. The van der Waals surface area contributed by atoms with E-state index in [1.54, 1.807) is 20.1 Å². The molecule has 0 bridgehead atoms. The highest BCUT2D eigenvalue weighted by molar-refractivity contribution is 5.92. The van der Waals surface area contributed by atoms with Crippen molar-refractivity contribution in [3.63, 3.8) is 0 Å². The Bertz CT molecular complexity index is 413. The first-order chi connectivity index (χ1) is 8.63. The molecule has 1 atom stereocenters. The minimum Gasteiger partial charge on any atom is -0.496 e. The molecule has 4 nitrogen and oxygen atoms in total. The highest BCUT2D eigenvalue weighted by atomic mass is 16.5. The first kappa shape index (κ1) is 14.3. The molecule has 0 saturated carbocycles. The Morgan fingerprint density at radius 1 is 1.50 bits per heavy atom. The van der Waals surface area contributed by atoms with Crippen molar-refractivity contribution in [3.8, 4) is 5.75 Å². The van der Waals surface area contributed by atoms with Gasteiger partial charge in [0.05, 0.1) is 13.2 Å². The third-order valence-corrected chi connectivity index (χ3v) is 2.41. The maximum absolute atomic E-state index is 11.5. The zero-order chi connectivity index (χ0) is 13.4. The summed E-state index contributed by atoms with van der Waals surface area (Å²) in [6.45, 7) is 2.16. The van der Waals surface area contributed by atoms with Gasteiger partial charge < -0.3 is 15.2 Å². The van der Waals surface area contributed by atoms with Crippen molar-refractivity contribution < 1.29 is 14.6 Å². The van der Waals surface area contributed by atoms with Crippen LogP contribution in [-0.4, -0.2) is 30.8 Å². The third kappa shape index (κ3) is 5.01. The summed E-state index contributed by atoms with van der Waals surface area (Å²) in [5.41, 5.74) is 0.852. The fraction of sp³-hybridized carbons (Fsp3) is 0.357. The van der Waals surface area contributed by atoms with E-state index < -0.39 is 6.10 Å². The van der Waals surface area contributed by atoms with E-state index in [4.69, 9.17) is 9.84 Å². The van der Waals surface area contributed by atoms with E-state index in [1.165, 1.54) is 6.08 Å². The average molecular weight is 249 g/mol. The number of methoxy groups -OCH3 is 1. The van der Waals surface area contributed by atoms with Crippen LogP contribution in [0.4, 0.5) is 0 Å². The molecule has 0 aliphatic heterocycles. The van der Waals surface area contributed by atoms with Crippen molar-refractivity contribution in [2.75, 3.05) is 13.7 Å². The molecule has 1 aromatic carbocycles. The number of benzene rings is 1. The van der Waals surface area contributed by atoms with Crippen molar-refractivity contribution in [2.24, 2.45) is 0 Å². The average Bonchev–Trinajstić information content (AvgIpc) is 2.36. The normalized spacial score (nSPS) is 12.4. The number of nitrogens with one attached hydrogen (secondary N) is 1. The Kier molecular flexibility index (Phi) is 5.94. The molecular formula is C14H19NO3. The van der Waals surface area contributed by atoms with Crippen LogP contribution in [0.25, 0.3) is 6.08 Å². The van der Waals surface area contributed by atoms with Gasteiger partial charge in [0.1, 0.15) is 5.75 Å². The van der Waals surface area contributed by atoms with Gasteiger partial charge in [0.2, 0.25) is 5.91 Å². The molecule has 0 heterocycles. The highest BCUT2D eigenvalue weighted by Crippen LogP contribution is 2.18. The molecule has 1 rings (SSSR count). The molecule has 18 heavy (non-hydrogen) atoms. The predicted octanol–water partition coefficient (Wildman–Crippen LogP) is 1.60. The van der Waals surface area contributed by atoms with Gasteiger partial charge in [0.15, 0.2) is 0 Å². The zero-order valence-electron chi connectivity index (χ0n) is 10.7. The van der Waals surface area contributed by atoms with Crippen molar-refractivity contribution in [1.29, 1.82) is 0 Å². The number of hydrogen-bond donors (Lipinski definition) is 2. The van der Waals surface area contributed by atoms with E-state index in [0.717, 1.165) is 11.3 Å². The molecule has 0 saturated heterocycles. The minimum absolute atomic E-state index is 0.179. The van der Waals surface area contributed by atoms with Crippen LogP contribution >= 0.6 is 0 Å². The van der Waals surface area contributed by atoms with Gasteiger partial charge in [0.25, 0.3) is 0 Å². The van der Waals surface area contributed by atoms with Crippen LogP contribution in [0.1, 0.15) is 18.9 Å². The van der Waals surface area contributed by atoms with Crippen LogP contribution < -0.4 is 10.1 Å². The van der Waals surface area contributed by atoms with Crippen molar-refractivity contribution in [1.82, 2.24) is 5.32 Å². The lowest BCUT2D eigenvalue weighted by Gasteiger charge is -2.05. The number of aliphatic hydroxyl groups excluding tert-OH is 1. The van der Waals surface area contributed by atoms with E-state index in [-0.39, 0.29) is 5.91 Å². The van der Waals surface area contributed by atoms with Crippen molar-refractivity contribution in [3.05, 3.63) is 35.9 Å². The molecule has 1 unspecified atom stereocenters. The Morgan fingerprint density at radius 2 is 2.22 bits per heavy atom. The zero-order valence-corrected chi connectivity index (χ0v) is 10.7. The Balaban J connectivity index is 2.50. The number of amides is 1. The number of carbonyl (C=O) groups is 1. The van der Waals surface area contributed by atoms with Crippen LogP contribution in [0.3, 0.4) is 0 Å². The summed E-state index contributed by atoms with van der Waals surface area (Å²) in [4.78, 5) is 11.5. The number of ether oxygens (including phenoxy) is 1. The number of rotatable bonds is 6. The summed E-state index contributed by atoms with van der Waals surface area (Å²) in [6.07, 6.45) is 3.31. The quantitative estimate of drug-likeness (QED) is 0.753. The fourth-order valence-corrected chi connectivity index (χ4v) is 1.43. The molecule has 0 aliphatic rings. The highest BCUT2D eigenvalue weighted by Gasteiger charge is 2.00. The van der Waals surface area contributed by atoms with Crippen LogP contribution in [0, 0.1) is 0 Å². The SMILES string of the molecule is COc1ccccc1C=CC(=O)NCCC(C)O. The summed E-state index contributed by atoms with van der Waals surface area (Å²) in [5.74, 6) is 0.548. The second kappa shape index (κ2) is 7.50. The second-order valence-corrected chi connectivity index (χ2v) is 4.00. The molecule has 0 spiro atoms. The molecule has 0 radical (unpaired) electrons. The van der Waals surface area contributed by atoms with E-state index in [0.29, 0.717) is 13.0 Å². The van der Waals surface area contributed by atoms with Gasteiger partial charge in [-0.15, -0.1) is 0 Å². The van der Waals surface area contributed by atoms with Crippen LogP contribution in [0.2, 0.25) is 0 Å². The van der Waals surface area contributed by atoms with E-state index in [2.05, 4.69) is 5.32 Å². The van der Waals surface area contributed by atoms with Crippen LogP contribution in [0.15, 0.2) is 30.3 Å². The Morgan fingerprint density at radius 3 is 2.89 bits per heavy atom. The minimum atomic E-state index is -0.400. The lowest BCUT2D eigenvalue weighted by Crippen LogP contribution is -2.24. The van der Waals surface area contributed by atoms with Gasteiger partial charge in [-0.25, -0.2) is 0 Å². The van der Waals surface area contributed by atoms with Gasteiger partial charge in [-0.3, -0.25) is 4.79 Å². The van der Waals surface area contributed by atoms with Crippen LogP contribution in [0.5, 0.6) is 5.75 Å². The predicted molar refractivity (Wildman–Crippen MR) is 71.3 cm³/mol. The van der Waals surface area contributed by atoms with Gasteiger partial charge >= 0.3 is 0 Å². The molecule has 0 fully saturated rings.